The molecule has 1 aromatic rings. The number of rotatable bonds is 5. The van der Waals surface area contributed by atoms with Crippen LogP contribution in [-0.4, -0.2) is 42.5 Å². The molecule has 2 rings (SSSR count). The van der Waals surface area contributed by atoms with Gasteiger partial charge in [-0.15, -0.1) is 0 Å². The number of amides is 1. The minimum atomic E-state index is -0.293. The Hall–Kier alpha value is -1.40. The summed E-state index contributed by atoms with van der Waals surface area (Å²) >= 11 is 3.36. The first-order valence-corrected chi connectivity index (χ1v) is 7.85. The Kier molecular flexibility index (Phi) is 5.76. The van der Waals surface area contributed by atoms with Gasteiger partial charge < -0.3 is 10.1 Å². The first kappa shape index (κ1) is 16.0. The number of anilines is 1. The van der Waals surface area contributed by atoms with Crippen LogP contribution in [0.5, 0.6) is 0 Å². The number of benzene rings is 1. The SMILES string of the molecule is CCOC(=O)C1CCCN1CC(=O)Nc1cccc(Br)c1. The van der Waals surface area contributed by atoms with Gasteiger partial charge in [0.25, 0.3) is 0 Å². The van der Waals surface area contributed by atoms with Gasteiger partial charge in [0.15, 0.2) is 0 Å². The zero-order chi connectivity index (χ0) is 15.2. The van der Waals surface area contributed by atoms with Gasteiger partial charge in [0.1, 0.15) is 6.04 Å². The summed E-state index contributed by atoms with van der Waals surface area (Å²) in [6.07, 6.45) is 1.66. The Morgan fingerprint density at radius 1 is 1.48 bits per heavy atom. The molecule has 1 aromatic carbocycles. The maximum absolute atomic E-state index is 12.1. The number of esters is 1. The van der Waals surface area contributed by atoms with E-state index in [1.54, 1.807) is 6.92 Å². The number of hydrogen-bond acceptors (Lipinski definition) is 4. The summed E-state index contributed by atoms with van der Waals surface area (Å²) in [5.41, 5.74) is 0.737. The number of nitrogens with zero attached hydrogens (tertiary/aromatic N) is 1. The van der Waals surface area contributed by atoms with Gasteiger partial charge in [-0.2, -0.15) is 0 Å². The molecule has 0 spiro atoms. The fourth-order valence-electron chi connectivity index (χ4n) is 2.47. The van der Waals surface area contributed by atoms with Crippen molar-refractivity contribution in [1.82, 2.24) is 4.90 Å². The summed E-state index contributed by atoms with van der Waals surface area (Å²) in [5.74, 6) is -0.352. The first-order valence-electron chi connectivity index (χ1n) is 7.06. The number of likely N-dealkylation sites (tertiary alicyclic amines) is 1. The van der Waals surface area contributed by atoms with Crippen LogP contribution in [0.4, 0.5) is 5.69 Å². The Labute approximate surface area is 132 Å². The predicted molar refractivity (Wildman–Crippen MR) is 84.0 cm³/mol. The summed E-state index contributed by atoms with van der Waals surface area (Å²) in [6.45, 7) is 3.11. The standard InChI is InChI=1S/C15H19BrN2O3/c1-2-21-15(20)13-7-4-8-18(13)10-14(19)17-12-6-3-5-11(16)9-12/h3,5-6,9,13H,2,4,7-8,10H2,1H3,(H,17,19). The molecule has 0 aromatic heterocycles. The number of carbonyl (C=O) groups excluding carboxylic acids is 2. The van der Waals surface area contributed by atoms with Crippen LogP contribution >= 0.6 is 15.9 Å². The fourth-order valence-corrected chi connectivity index (χ4v) is 2.87. The Morgan fingerprint density at radius 2 is 2.29 bits per heavy atom. The lowest BCUT2D eigenvalue weighted by Crippen LogP contribution is -2.41. The molecule has 114 valence electrons. The van der Waals surface area contributed by atoms with Gasteiger partial charge in [-0.3, -0.25) is 14.5 Å². The van der Waals surface area contributed by atoms with E-state index in [4.69, 9.17) is 4.74 Å². The van der Waals surface area contributed by atoms with Crippen LogP contribution in [0.3, 0.4) is 0 Å². The highest BCUT2D eigenvalue weighted by atomic mass is 79.9. The molecule has 1 N–H and O–H groups in total. The average Bonchev–Trinajstić information content (AvgIpc) is 2.87. The minimum Gasteiger partial charge on any atom is -0.465 e. The normalized spacial score (nSPS) is 18.5. The molecule has 1 amide bonds. The zero-order valence-corrected chi connectivity index (χ0v) is 13.6. The third-order valence-electron chi connectivity index (χ3n) is 3.38. The predicted octanol–water partition coefficient (Wildman–Crippen LogP) is 2.42. The lowest BCUT2D eigenvalue weighted by atomic mass is 10.2. The van der Waals surface area contributed by atoms with Gasteiger partial charge in [0, 0.05) is 10.2 Å². The molecule has 1 unspecified atom stereocenters. The Balaban J connectivity index is 1.91. The molecule has 0 saturated carbocycles. The first-order chi connectivity index (χ1) is 10.1. The van der Waals surface area contributed by atoms with Crippen LogP contribution in [0.15, 0.2) is 28.7 Å². The van der Waals surface area contributed by atoms with E-state index in [0.29, 0.717) is 6.61 Å². The lowest BCUT2D eigenvalue weighted by molar-refractivity contribution is -0.148. The average molecular weight is 355 g/mol. The van der Waals surface area contributed by atoms with Gasteiger partial charge in [-0.1, -0.05) is 22.0 Å². The molecule has 1 fully saturated rings. The second-order valence-corrected chi connectivity index (χ2v) is 5.85. The number of carbonyl (C=O) groups is 2. The minimum absolute atomic E-state index is 0.121. The third kappa shape index (κ3) is 4.54. The maximum atomic E-state index is 12.1. The second-order valence-electron chi connectivity index (χ2n) is 4.94. The van der Waals surface area contributed by atoms with E-state index in [0.717, 1.165) is 29.5 Å². The van der Waals surface area contributed by atoms with Gasteiger partial charge in [-0.05, 0) is 44.5 Å². The fraction of sp³-hybridized carbons (Fsp3) is 0.467. The molecular weight excluding hydrogens is 336 g/mol. The quantitative estimate of drug-likeness (QED) is 0.825. The summed E-state index contributed by atoms with van der Waals surface area (Å²) in [6, 6.07) is 7.13. The van der Waals surface area contributed by atoms with Crippen molar-refractivity contribution in [2.45, 2.75) is 25.8 Å². The summed E-state index contributed by atoms with van der Waals surface area (Å²) in [4.78, 5) is 25.8. The van der Waals surface area contributed by atoms with Crippen molar-refractivity contribution in [2.24, 2.45) is 0 Å². The van der Waals surface area contributed by atoms with E-state index in [1.165, 1.54) is 0 Å². The molecule has 5 nitrogen and oxygen atoms in total. The second kappa shape index (κ2) is 7.56. The van der Waals surface area contributed by atoms with Crippen molar-refractivity contribution in [3.63, 3.8) is 0 Å². The highest BCUT2D eigenvalue weighted by Crippen LogP contribution is 2.19. The van der Waals surface area contributed by atoms with Gasteiger partial charge in [0.05, 0.1) is 13.2 Å². The molecular formula is C15H19BrN2O3. The van der Waals surface area contributed by atoms with Crippen LogP contribution in [0, 0.1) is 0 Å². The zero-order valence-electron chi connectivity index (χ0n) is 12.0. The van der Waals surface area contributed by atoms with Crippen molar-refractivity contribution in [3.8, 4) is 0 Å². The van der Waals surface area contributed by atoms with E-state index >= 15 is 0 Å². The largest absolute Gasteiger partial charge is 0.465 e. The number of hydrogen-bond donors (Lipinski definition) is 1. The summed E-state index contributed by atoms with van der Waals surface area (Å²) in [5, 5.41) is 2.84. The van der Waals surface area contributed by atoms with Crippen molar-refractivity contribution < 1.29 is 14.3 Å². The number of ether oxygens (including phenoxy) is 1. The van der Waals surface area contributed by atoms with Crippen LogP contribution < -0.4 is 5.32 Å². The topological polar surface area (TPSA) is 58.6 Å². The molecule has 0 bridgehead atoms. The Morgan fingerprint density at radius 3 is 3.00 bits per heavy atom. The molecule has 1 aliphatic heterocycles. The van der Waals surface area contributed by atoms with E-state index in [9.17, 15) is 9.59 Å². The molecule has 1 saturated heterocycles. The molecule has 6 heteroatoms. The van der Waals surface area contributed by atoms with Crippen LogP contribution in [-0.2, 0) is 14.3 Å². The number of nitrogens with one attached hydrogen (secondary N) is 1. The molecule has 21 heavy (non-hydrogen) atoms. The highest BCUT2D eigenvalue weighted by molar-refractivity contribution is 9.10. The van der Waals surface area contributed by atoms with Gasteiger partial charge in [0.2, 0.25) is 5.91 Å². The highest BCUT2D eigenvalue weighted by Gasteiger charge is 2.32. The van der Waals surface area contributed by atoms with Crippen molar-refractivity contribution in [3.05, 3.63) is 28.7 Å². The smallest absolute Gasteiger partial charge is 0.323 e. The summed E-state index contributed by atoms with van der Waals surface area (Å²) in [7, 11) is 0. The maximum Gasteiger partial charge on any atom is 0.323 e. The third-order valence-corrected chi connectivity index (χ3v) is 3.87. The van der Waals surface area contributed by atoms with Crippen LogP contribution in [0.2, 0.25) is 0 Å². The van der Waals surface area contributed by atoms with Crippen LogP contribution in [0.1, 0.15) is 19.8 Å². The molecule has 1 atom stereocenters. The van der Waals surface area contributed by atoms with Gasteiger partial charge >= 0.3 is 5.97 Å². The molecule has 1 aliphatic rings. The van der Waals surface area contributed by atoms with Crippen molar-refractivity contribution >= 4 is 33.5 Å². The van der Waals surface area contributed by atoms with E-state index in [2.05, 4.69) is 21.2 Å². The van der Waals surface area contributed by atoms with E-state index in [-0.39, 0.29) is 24.5 Å². The van der Waals surface area contributed by atoms with Crippen molar-refractivity contribution in [2.75, 3.05) is 25.0 Å². The monoisotopic (exact) mass is 354 g/mol. The molecule has 0 aliphatic carbocycles. The molecule has 1 heterocycles. The van der Waals surface area contributed by atoms with E-state index in [1.807, 2.05) is 29.2 Å². The van der Waals surface area contributed by atoms with Crippen LogP contribution in [0.25, 0.3) is 0 Å². The van der Waals surface area contributed by atoms with Crippen molar-refractivity contribution in [1.29, 1.82) is 0 Å². The summed E-state index contributed by atoms with van der Waals surface area (Å²) < 4.78 is 5.96. The number of halogens is 1. The van der Waals surface area contributed by atoms with Gasteiger partial charge in [-0.25, -0.2) is 0 Å². The van der Waals surface area contributed by atoms with E-state index < -0.39 is 0 Å². The Bertz CT molecular complexity index is 521. The lowest BCUT2D eigenvalue weighted by Gasteiger charge is -2.22. The molecule has 0 radical (unpaired) electrons.